The van der Waals surface area contributed by atoms with Gasteiger partial charge in [-0.25, -0.2) is 0 Å². The van der Waals surface area contributed by atoms with Crippen LogP contribution in [0.4, 0.5) is 0 Å². The van der Waals surface area contributed by atoms with Crippen molar-refractivity contribution in [3.8, 4) is 6.07 Å². The van der Waals surface area contributed by atoms with Crippen LogP contribution in [0.5, 0.6) is 0 Å². The smallest absolute Gasteiger partial charge is 0.177 e. The fourth-order valence-corrected chi connectivity index (χ4v) is 3.44. The second kappa shape index (κ2) is 7.15. The van der Waals surface area contributed by atoms with Crippen molar-refractivity contribution in [2.24, 2.45) is 5.92 Å². The van der Waals surface area contributed by atoms with Crippen molar-refractivity contribution in [1.82, 2.24) is 0 Å². The van der Waals surface area contributed by atoms with Gasteiger partial charge >= 0.3 is 0 Å². The average Bonchev–Trinajstić information content (AvgIpc) is 2.91. The van der Waals surface area contributed by atoms with Crippen molar-refractivity contribution >= 4 is 5.78 Å². The molecule has 0 aliphatic carbocycles. The lowest BCUT2D eigenvalue weighted by Gasteiger charge is -2.42. The summed E-state index contributed by atoms with van der Waals surface area (Å²) >= 11 is 0. The number of hydrogen-bond acceptors (Lipinski definition) is 4. The lowest BCUT2D eigenvalue weighted by Crippen LogP contribution is -2.52. The highest BCUT2D eigenvalue weighted by molar-refractivity contribution is 5.82. The predicted octanol–water partition coefficient (Wildman–Crippen LogP) is 3.95. The number of carbonyl (C=O) groups excluding carboxylic acids is 1. The maximum Gasteiger partial charge on any atom is 0.177 e. The summed E-state index contributed by atoms with van der Waals surface area (Å²) in [5.41, 5.74) is 0.158. The van der Waals surface area contributed by atoms with E-state index in [1.165, 1.54) is 5.57 Å². The van der Waals surface area contributed by atoms with E-state index in [4.69, 9.17) is 9.47 Å². The summed E-state index contributed by atoms with van der Waals surface area (Å²) in [7, 11) is 0. The molecular weight excluding hydrogens is 290 g/mol. The molecule has 4 nitrogen and oxygen atoms in total. The SMILES string of the molecule is CC(C)=CCC(=O)C(C)CCC[C@]1(C)OC[C@]2(C#N)CC[C@H]1O2. The van der Waals surface area contributed by atoms with Crippen LogP contribution in [0.15, 0.2) is 11.6 Å². The largest absolute Gasteiger partial charge is 0.368 e. The van der Waals surface area contributed by atoms with Gasteiger partial charge in [0.2, 0.25) is 0 Å². The highest BCUT2D eigenvalue weighted by Gasteiger charge is 2.53. The van der Waals surface area contributed by atoms with E-state index in [0.29, 0.717) is 18.8 Å². The van der Waals surface area contributed by atoms with E-state index in [1.807, 2.05) is 26.8 Å². The maximum atomic E-state index is 12.1. The molecule has 128 valence electrons. The molecule has 0 N–H and O–H groups in total. The summed E-state index contributed by atoms with van der Waals surface area (Å²) < 4.78 is 12.0. The van der Waals surface area contributed by atoms with Crippen LogP contribution < -0.4 is 0 Å². The van der Waals surface area contributed by atoms with E-state index in [9.17, 15) is 10.1 Å². The summed E-state index contributed by atoms with van der Waals surface area (Å²) in [6.07, 6.45) is 6.89. The number of ketones is 1. The number of nitriles is 1. The minimum absolute atomic E-state index is 0.00702. The molecule has 0 aromatic rings. The lowest BCUT2D eigenvalue weighted by atomic mass is 9.88. The molecular formula is C19H29NO3. The molecule has 23 heavy (non-hydrogen) atoms. The topological polar surface area (TPSA) is 59.3 Å². The predicted molar refractivity (Wildman–Crippen MR) is 88.9 cm³/mol. The Kier molecular flexibility index (Phi) is 5.65. The Morgan fingerprint density at radius 1 is 1.48 bits per heavy atom. The zero-order valence-electron chi connectivity index (χ0n) is 14.9. The molecule has 1 unspecified atom stereocenters. The van der Waals surface area contributed by atoms with E-state index in [0.717, 1.165) is 32.1 Å². The van der Waals surface area contributed by atoms with E-state index in [1.54, 1.807) is 0 Å². The Hall–Kier alpha value is -1.18. The molecule has 2 rings (SSSR count). The normalized spacial score (nSPS) is 33.8. The number of Topliss-reactive ketones (excluding diaryl/α,β-unsaturated/α-hetero) is 1. The van der Waals surface area contributed by atoms with Gasteiger partial charge in [-0.2, -0.15) is 5.26 Å². The van der Waals surface area contributed by atoms with Gasteiger partial charge in [-0.05, 0) is 52.9 Å². The molecule has 0 spiro atoms. The number of rotatable bonds is 7. The van der Waals surface area contributed by atoms with Crippen molar-refractivity contribution in [2.75, 3.05) is 6.61 Å². The van der Waals surface area contributed by atoms with Crippen molar-refractivity contribution in [3.63, 3.8) is 0 Å². The van der Waals surface area contributed by atoms with E-state index in [-0.39, 0.29) is 17.6 Å². The third-order valence-corrected chi connectivity index (χ3v) is 5.27. The standard InChI is InChI=1S/C19H29NO3/c1-14(2)7-8-16(21)15(3)6-5-10-18(4)17-9-11-19(12-20,23-17)13-22-18/h7,15,17H,5-6,8-11,13H2,1-4H3/t15?,17-,18+,19-/m1/s1. The molecule has 0 saturated carbocycles. The first-order chi connectivity index (χ1) is 10.8. The van der Waals surface area contributed by atoms with Gasteiger partial charge in [0.05, 0.1) is 18.3 Å². The highest BCUT2D eigenvalue weighted by Crippen LogP contribution is 2.44. The fraction of sp³-hybridized carbons (Fsp3) is 0.789. The van der Waals surface area contributed by atoms with Crippen LogP contribution in [0.1, 0.15) is 66.2 Å². The number of fused-ring (bicyclic) bond motifs is 2. The molecule has 0 aromatic carbocycles. The third kappa shape index (κ3) is 4.22. The van der Waals surface area contributed by atoms with E-state index in [2.05, 4.69) is 13.0 Å². The third-order valence-electron chi connectivity index (χ3n) is 5.27. The quantitative estimate of drug-likeness (QED) is 0.667. The summed E-state index contributed by atoms with van der Waals surface area (Å²) in [6.45, 7) is 8.49. The molecule has 4 atom stereocenters. The summed E-state index contributed by atoms with van der Waals surface area (Å²) in [5.74, 6) is 0.391. The molecule has 0 amide bonds. The summed E-state index contributed by atoms with van der Waals surface area (Å²) in [6, 6.07) is 2.26. The first-order valence-electron chi connectivity index (χ1n) is 8.69. The molecule has 2 saturated heterocycles. The van der Waals surface area contributed by atoms with Crippen LogP contribution in [0.2, 0.25) is 0 Å². The number of ether oxygens (including phenoxy) is 2. The van der Waals surface area contributed by atoms with Crippen LogP contribution in [0.25, 0.3) is 0 Å². The second-order valence-corrected chi connectivity index (χ2v) is 7.60. The van der Waals surface area contributed by atoms with Crippen LogP contribution >= 0.6 is 0 Å². The minimum Gasteiger partial charge on any atom is -0.368 e. The Morgan fingerprint density at radius 3 is 2.87 bits per heavy atom. The van der Waals surface area contributed by atoms with Crippen molar-refractivity contribution in [2.45, 2.75) is 83.5 Å². The Balaban J connectivity index is 1.79. The zero-order chi connectivity index (χ0) is 17.1. The average molecular weight is 319 g/mol. The van der Waals surface area contributed by atoms with Gasteiger partial charge in [0, 0.05) is 12.3 Å². The van der Waals surface area contributed by atoms with Crippen LogP contribution in [0.3, 0.4) is 0 Å². The van der Waals surface area contributed by atoms with Gasteiger partial charge in [-0.15, -0.1) is 0 Å². The van der Waals surface area contributed by atoms with Crippen LogP contribution in [-0.4, -0.2) is 29.7 Å². The van der Waals surface area contributed by atoms with E-state index >= 15 is 0 Å². The van der Waals surface area contributed by atoms with Crippen molar-refractivity contribution < 1.29 is 14.3 Å². The van der Waals surface area contributed by atoms with Gasteiger partial charge in [-0.1, -0.05) is 18.6 Å². The molecule has 2 bridgehead atoms. The molecule has 0 radical (unpaired) electrons. The van der Waals surface area contributed by atoms with Crippen LogP contribution in [-0.2, 0) is 14.3 Å². The monoisotopic (exact) mass is 319 g/mol. The second-order valence-electron chi connectivity index (χ2n) is 7.60. The summed E-state index contributed by atoms with van der Waals surface area (Å²) in [5, 5.41) is 9.24. The highest BCUT2D eigenvalue weighted by atomic mass is 16.6. The molecule has 0 aromatic heterocycles. The lowest BCUT2D eigenvalue weighted by molar-refractivity contribution is -0.223. The molecule has 2 aliphatic rings. The van der Waals surface area contributed by atoms with Crippen molar-refractivity contribution in [3.05, 3.63) is 11.6 Å². The Labute approximate surface area is 139 Å². The fourth-order valence-electron chi connectivity index (χ4n) is 3.44. The van der Waals surface area contributed by atoms with Gasteiger partial charge in [0.25, 0.3) is 0 Å². The van der Waals surface area contributed by atoms with Gasteiger partial charge < -0.3 is 9.47 Å². The summed E-state index contributed by atoms with van der Waals surface area (Å²) in [4.78, 5) is 12.1. The number of allylic oxidation sites excluding steroid dienone is 2. The van der Waals surface area contributed by atoms with Crippen molar-refractivity contribution in [1.29, 1.82) is 5.26 Å². The number of hydrogen-bond donors (Lipinski definition) is 0. The van der Waals surface area contributed by atoms with Gasteiger partial charge in [0.1, 0.15) is 11.9 Å². The van der Waals surface area contributed by atoms with Gasteiger partial charge in [0.15, 0.2) is 5.60 Å². The molecule has 2 heterocycles. The van der Waals surface area contributed by atoms with Gasteiger partial charge in [-0.3, -0.25) is 4.79 Å². The minimum atomic E-state index is -0.711. The Bertz CT molecular complexity index is 517. The first-order valence-corrected chi connectivity index (χ1v) is 8.69. The molecule has 4 heteroatoms. The number of carbonyl (C=O) groups is 1. The first kappa shape index (κ1) is 18.2. The molecule has 2 aliphatic heterocycles. The number of nitrogens with zero attached hydrogens (tertiary/aromatic N) is 1. The maximum absolute atomic E-state index is 12.1. The van der Waals surface area contributed by atoms with Crippen LogP contribution in [0, 0.1) is 17.2 Å². The molecule has 2 fully saturated rings. The Morgan fingerprint density at radius 2 is 2.22 bits per heavy atom. The zero-order valence-corrected chi connectivity index (χ0v) is 14.9. The van der Waals surface area contributed by atoms with E-state index < -0.39 is 5.60 Å².